The molecular formula is C11H19NO. The highest BCUT2D eigenvalue weighted by Crippen LogP contribution is 2.17. The smallest absolute Gasteiger partial charge is 0.118 e. The van der Waals surface area contributed by atoms with Crippen molar-refractivity contribution in [1.29, 1.82) is 0 Å². The van der Waals surface area contributed by atoms with Crippen LogP contribution < -0.4 is 6.15 Å². The predicted octanol–water partition coefficient (Wildman–Crippen LogP) is 3.29. The number of benzene rings is 1. The van der Waals surface area contributed by atoms with Gasteiger partial charge in [0.05, 0.1) is 0 Å². The largest absolute Gasteiger partial charge is 0.508 e. The minimum absolute atomic E-state index is 0. The highest BCUT2D eigenvalue weighted by atomic mass is 16.3. The summed E-state index contributed by atoms with van der Waals surface area (Å²) in [4.78, 5) is 0. The van der Waals surface area contributed by atoms with Crippen LogP contribution in [0.2, 0.25) is 0 Å². The fourth-order valence-corrected chi connectivity index (χ4v) is 1.29. The van der Waals surface area contributed by atoms with E-state index in [0.717, 1.165) is 12.0 Å². The van der Waals surface area contributed by atoms with Crippen molar-refractivity contribution in [1.82, 2.24) is 6.15 Å². The van der Waals surface area contributed by atoms with Gasteiger partial charge in [0.15, 0.2) is 0 Å². The summed E-state index contributed by atoms with van der Waals surface area (Å²) in [5.74, 6) is 0.439. The van der Waals surface area contributed by atoms with Gasteiger partial charge in [-0.15, -0.1) is 0 Å². The van der Waals surface area contributed by atoms with E-state index >= 15 is 0 Å². The number of para-hydroxylation sites is 1. The molecule has 0 aromatic heterocycles. The summed E-state index contributed by atoms with van der Waals surface area (Å²) in [6.45, 7) is 2.19. The molecular weight excluding hydrogens is 162 g/mol. The molecule has 0 aliphatic carbocycles. The van der Waals surface area contributed by atoms with E-state index in [-0.39, 0.29) is 6.15 Å². The quantitative estimate of drug-likeness (QED) is 0.700. The lowest BCUT2D eigenvalue weighted by atomic mass is 10.1. The minimum atomic E-state index is 0. The van der Waals surface area contributed by atoms with Crippen LogP contribution in [0.3, 0.4) is 0 Å². The SMILES string of the molecule is CCCCCc1ccccc1O.N. The monoisotopic (exact) mass is 181 g/mol. The molecule has 0 amide bonds. The normalized spacial score (nSPS) is 9.31. The number of hydrogen-bond donors (Lipinski definition) is 2. The lowest BCUT2D eigenvalue weighted by molar-refractivity contribution is 0.466. The second-order valence-electron chi connectivity index (χ2n) is 3.09. The van der Waals surface area contributed by atoms with Crippen molar-refractivity contribution in [3.63, 3.8) is 0 Å². The summed E-state index contributed by atoms with van der Waals surface area (Å²) in [5, 5.41) is 9.41. The summed E-state index contributed by atoms with van der Waals surface area (Å²) in [6, 6.07) is 7.58. The number of phenolic OH excluding ortho intramolecular Hbond substituents is 1. The molecule has 0 bridgehead atoms. The van der Waals surface area contributed by atoms with E-state index in [9.17, 15) is 5.11 Å². The van der Waals surface area contributed by atoms with Crippen molar-refractivity contribution in [3.05, 3.63) is 29.8 Å². The molecule has 0 heterocycles. The standard InChI is InChI=1S/C11H16O.H3N/c1-2-3-4-7-10-8-5-6-9-11(10)12;/h5-6,8-9,12H,2-4,7H2,1H3;1H3. The first kappa shape index (κ1) is 12.0. The summed E-state index contributed by atoms with van der Waals surface area (Å²) in [5.41, 5.74) is 1.07. The molecule has 0 aliphatic heterocycles. The van der Waals surface area contributed by atoms with Crippen molar-refractivity contribution < 1.29 is 5.11 Å². The molecule has 74 valence electrons. The van der Waals surface area contributed by atoms with E-state index in [2.05, 4.69) is 6.92 Å². The Morgan fingerprint density at radius 1 is 1.15 bits per heavy atom. The van der Waals surface area contributed by atoms with Gasteiger partial charge in [0.1, 0.15) is 5.75 Å². The van der Waals surface area contributed by atoms with Gasteiger partial charge < -0.3 is 11.3 Å². The van der Waals surface area contributed by atoms with Gasteiger partial charge in [-0.05, 0) is 24.5 Å². The Hall–Kier alpha value is -1.02. The maximum Gasteiger partial charge on any atom is 0.118 e. The van der Waals surface area contributed by atoms with Crippen molar-refractivity contribution in [2.45, 2.75) is 32.6 Å². The van der Waals surface area contributed by atoms with Gasteiger partial charge in [-0.1, -0.05) is 38.0 Å². The van der Waals surface area contributed by atoms with E-state index in [0.29, 0.717) is 5.75 Å². The third-order valence-electron chi connectivity index (χ3n) is 2.04. The summed E-state index contributed by atoms with van der Waals surface area (Å²) >= 11 is 0. The Labute approximate surface area is 80.2 Å². The average Bonchev–Trinajstić information content (AvgIpc) is 2.09. The van der Waals surface area contributed by atoms with Crippen LogP contribution in [0.25, 0.3) is 0 Å². The van der Waals surface area contributed by atoms with Crippen LogP contribution in [0.5, 0.6) is 5.75 Å². The van der Waals surface area contributed by atoms with Crippen LogP contribution in [0, 0.1) is 0 Å². The molecule has 13 heavy (non-hydrogen) atoms. The number of unbranched alkanes of at least 4 members (excludes halogenated alkanes) is 2. The molecule has 0 unspecified atom stereocenters. The highest BCUT2D eigenvalue weighted by Gasteiger charge is 1.97. The van der Waals surface area contributed by atoms with Crippen LogP contribution in [-0.2, 0) is 6.42 Å². The summed E-state index contributed by atoms with van der Waals surface area (Å²) in [7, 11) is 0. The van der Waals surface area contributed by atoms with Gasteiger partial charge in [0, 0.05) is 0 Å². The van der Waals surface area contributed by atoms with Crippen LogP contribution in [-0.4, -0.2) is 5.11 Å². The Morgan fingerprint density at radius 2 is 1.85 bits per heavy atom. The van der Waals surface area contributed by atoms with E-state index in [1.54, 1.807) is 6.07 Å². The molecule has 0 spiro atoms. The third-order valence-corrected chi connectivity index (χ3v) is 2.04. The summed E-state index contributed by atoms with van der Waals surface area (Å²) < 4.78 is 0. The fraction of sp³-hybridized carbons (Fsp3) is 0.455. The summed E-state index contributed by atoms with van der Waals surface area (Å²) in [6.07, 6.45) is 4.65. The maximum atomic E-state index is 9.41. The molecule has 1 aromatic rings. The third kappa shape index (κ3) is 3.95. The zero-order valence-corrected chi connectivity index (χ0v) is 8.29. The Bertz CT molecular complexity index is 235. The van der Waals surface area contributed by atoms with Crippen molar-refractivity contribution in [2.75, 3.05) is 0 Å². The molecule has 0 atom stereocenters. The lowest BCUT2D eigenvalue weighted by Gasteiger charge is -2.02. The number of rotatable bonds is 4. The molecule has 2 nitrogen and oxygen atoms in total. The minimum Gasteiger partial charge on any atom is -0.508 e. The van der Waals surface area contributed by atoms with Gasteiger partial charge in [-0.25, -0.2) is 0 Å². The lowest BCUT2D eigenvalue weighted by Crippen LogP contribution is -1.85. The van der Waals surface area contributed by atoms with Crippen LogP contribution in [0.15, 0.2) is 24.3 Å². The zero-order chi connectivity index (χ0) is 8.81. The molecule has 2 heteroatoms. The predicted molar refractivity (Wildman–Crippen MR) is 56.4 cm³/mol. The highest BCUT2D eigenvalue weighted by molar-refractivity contribution is 5.31. The Balaban J connectivity index is 0.00000144. The topological polar surface area (TPSA) is 55.2 Å². The molecule has 0 aliphatic rings. The molecule has 1 aromatic carbocycles. The first-order chi connectivity index (χ1) is 5.84. The van der Waals surface area contributed by atoms with Gasteiger partial charge in [-0.2, -0.15) is 0 Å². The van der Waals surface area contributed by atoms with Gasteiger partial charge in [0.25, 0.3) is 0 Å². The maximum absolute atomic E-state index is 9.41. The van der Waals surface area contributed by atoms with E-state index < -0.39 is 0 Å². The van der Waals surface area contributed by atoms with Crippen LogP contribution in [0.4, 0.5) is 0 Å². The van der Waals surface area contributed by atoms with E-state index in [1.807, 2.05) is 18.2 Å². The molecule has 0 saturated heterocycles. The molecule has 0 fully saturated rings. The van der Waals surface area contributed by atoms with Crippen molar-refractivity contribution in [2.24, 2.45) is 0 Å². The second kappa shape index (κ2) is 6.49. The van der Waals surface area contributed by atoms with E-state index in [4.69, 9.17) is 0 Å². The first-order valence-electron chi connectivity index (χ1n) is 4.61. The number of phenols is 1. The second-order valence-corrected chi connectivity index (χ2v) is 3.09. The van der Waals surface area contributed by atoms with Crippen molar-refractivity contribution in [3.8, 4) is 5.75 Å². The average molecular weight is 181 g/mol. The van der Waals surface area contributed by atoms with Gasteiger partial charge in [-0.3, -0.25) is 0 Å². The Kier molecular flexibility index (Phi) is 5.98. The fourth-order valence-electron chi connectivity index (χ4n) is 1.29. The van der Waals surface area contributed by atoms with Gasteiger partial charge >= 0.3 is 0 Å². The van der Waals surface area contributed by atoms with Crippen LogP contribution >= 0.6 is 0 Å². The molecule has 1 rings (SSSR count). The van der Waals surface area contributed by atoms with Crippen LogP contribution in [0.1, 0.15) is 31.7 Å². The molecule has 0 radical (unpaired) electrons. The Morgan fingerprint density at radius 3 is 2.46 bits per heavy atom. The molecule has 0 saturated carbocycles. The first-order valence-corrected chi connectivity index (χ1v) is 4.61. The number of aryl methyl sites for hydroxylation is 1. The van der Waals surface area contributed by atoms with E-state index in [1.165, 1.54) is 19.3 Å². The zero-order valence-electron chi connectivity index (χ0n) is 8.29. The molecule has 4 N–H and O–H groups in total. The van der Waals surface area contributed by atoms with Gasteiger partial charge in [0.2, 0.25) is 0 Å². The number of aromatic hydroxyl groups is 1. The number of hydrogen-bond acceptors (Lipinski definition) is 2. The van der Waals surface area contributed by atoms with Crippen molar-refractivity contribution >= 4 is 0 Å².